The van der Waals surface area contributed by atoms with Crippen molar-refractivity contribution in [3.05, 3.63) is 113 Å². The number of hydrazine groups is 1. The lowest BCUT2D eigenvalue weighted by Crippen LogP contribution is -2.47. The van der Waals surface area contributed by atoms with E-state index in [9.17, 15) is 0 Å². The molecule has 3 aromatic rings. The predicted molar refractivity (Wildman–Crippen MR) is 155 cm³/mol. The Balaban J connectivity index is 1.54. The lowest BCUT2D eigenvalue weighted by molar-refractivity contribution is 0.362. The van der Waals surface area contributed by atoms with Crippen molar-refractivity contribution in [2.45, 2.75) is 25.7 Å². The maximum atomic E-state index is 6.16. The van der Waals surface area contributed by atoms with E-state index in [0.717, 1.165) is 53.4 Å². The highest BCUT2D eigenvalue weighted by Crippen LogP contribution is 2.41. The highest BCUT2D eigenvalue weighted by molar-refractivity contribution is 6.05. The van der Waals surface area contributed by atoms with Crippen LogP contribution in [0, 0.1) is 11.8 Å². The first kappa shape index (κ1) is 23.9. The van der Waals surface area contributed by atoms with Gasteiger partial charge in [0.2, 0.25) is 0 Å². The molecule has 190 valence electrons. The molecule has 3 N–H and O–H groups in total. The number of nitrogens with one attached hydrogen (secondary N) is 1. The first-order chi connectivity index (χ1) is 18.7. The van der Waals surface area contributed by atoms with Crippen LogP contribution in [0.2, 0.25) is 0 Å². The average Bonchev–Trinajstić information content (AvgIpc) is 2.97. The SMILES string of the molecule is C=CC1=C(/C(=N\N)C2C=C(c3nncc4ccccc34)CC(C3=c4ccccc4=CNN3C)C2)CCC=C1. The van der Waals surface area contributed by atoms with Crippen LogP contribution in [0.3, 0.4) is 0 Å². The van der Waals surface area contributed by atoms with E-state index in [0.29, 0.717) is 0 Å². The number of hydrogen-bond donors (Lipinski definition) is 2. The van der Waals surface area contributed by atoms with Gasteiger partial charge in [-0.05, 0) is 42.4 Å². The van der Waals surface area contributed by atoms with Crippen LogP contribution >= 0.6 is 0 Å². The van der Waals surface area contributed by atoms with Crippen molar-refractivity contribution in [2.24, 2.45) is 22.8 Å². The second kappa shape index (κ2) is 10.1. The summed E-state index contributed by atoms with van der Waals surface area (Å²) in [6.45, 7) is 4.06. The van der Waals surface area contributed by atoms with E-state index in [1.807, 2.05) is 18.3 Å². The van der Waals surface area contributed by atoms with E-state index in [1.165, 1.54) is 27.3 Å². The molecule has 0 saturated heterocycles. The molecule has 2 unspecified atom stereocenters. The lowest BCUT2D eigenvalue weighted by atomic mass is 9.74. The Kier molecular flexibility index (Phi) is 6.38. The zero-order valence-corrected chi connectivity index (χ0v) is 21.6. The molecule has 2 atom stereocenters. The molecule has 1 aliphatic heterocycles. The standard InChI is InChI=1S/C32H32N6/c1-3-21-10-4-7-13-27(21)30(36-33)24-16-25(31-28-14-8-5-11-22(28)19-34-37-31)18-26(17-24)32-29-15-9-6-12-23(29)20-35-38(32)2/h3-6,8-12,14-16,19-20,24,26,35H,1,7,13,17-18,33H2,2H3/b36-30-. The fraction of sp³-hybridized carbons (Fsp3) is 0.219. The van der Waals surface area contributed by atoms with Crippen LogP contribution in [-0.2, 0) is 0 Å². The number of nitrogens with two attached hydrogens (primary N) is 1. The van der Waals surface area contributed by atoms with Gasteiger partial charge in [0.1, 0.15) is 0 Å². The second-order valence-electron chi connectivity index (χ2n) is 10.1. The van der Waals surface area contributed by atoms with Gasteiger partial charge in [0, 0.05) is 52.0 Å². The average molecular weight is 501 g/mol. The molecule has 6 rings (SSSR count). The van der Waals surface area contributed by atoms with E-state index in [2.05, 4.69) is 106 Å². The molecule has 0 bridgehead atoms. The number of nitrogens with zero attached hydrogens (tertiary/aromatic N) is 4. The summed E-state index contributed by atoms with van der Waals surface area (Å²) >= 11 is 0. The zero-order chi connectivity index (χ0) is 26.1. The van der Waals surface area contributed by atoms with Crippen molar-refractivity contribution >= 4 is 34.0 Å². The molecule has 2 heterocycles. The number of benzene rings is 2. The Morgan fingerprint density at radius 2 is 2.03 bits per heavy atom. The fourth-order valence-corrected chi connectivity index (χ4v) is 6.19. The highest BCUT2D eigenvalue weighted by atomic mass is 15.5. The van der Waals surface area contributed by atoms with Crippen LogP contribution < -0.4 is 21.7 Å². The Bertz CT molecular complexity index is 1650. The Hall–Kier alpha value is -4.45. The van der Waals surface area contributed by atoms with Crippen molar-refractivity contribution in [3.8, 4) is 0 Å². The van der Waals surface area contributed by atoms with Gasteiger partial charge in [0.05, 0.1) is 17.6 Å². The summed E-state index contributed by atoms with van der Waals surface area (Å²) in [6, 6.07) is 16.9. The predicted octanol–water partition coefficient (Wildman–Crippen LogP) is 4.18. The number of rotatable bonds is 5. The van der Waals surface area contributed by atoms with Crippen LogP contribution in [0.5, 0.6) is 0 Å². The smallest absolute Gasteiger partial charge is 0.0964 e. The largest absolute Gasteiger partial charge is 0.323 e. The van der Waals surface area contributed by atoms with Crippen molar-refractivity contribution in [1.82, 2.24) is 20.6 Å². The van der Waals surface area contributed by atoms with Crippen LogP contribution in [0.25, 0.3) is 28.2 Å². The van der Waals surface area contributed by atoms with Crippen LogP contribution in [0.4, 0.5) is 0 Å². The van der Waals surface area contributed by atoms with Crippen LogP contribution in [0.1, 0.15) is 31.4 Å². The zero-order valence-electron chi connectivity index (χ0n) is 21.6. The molecule has 6 heteroatoms. The molecular formula is C32H32N6. The fourth-order valence-electron chi connectivity index (χ4n) is 6.19. The molecule has 3 aliphatic rings. The van der Waals surface area contributed by atoms with Crippen molar-refractivity contribution in [3.63, 3.8) is 0 Å². The van der Waals surface area contributed by atoms with Crippen molar-refractivity contribution in [1.29, 1.82) is 0 Å². The summed E-state index contributed by atoms with van der Waals surface area (Å²) in [4.78, 5) is 0. The Morgan fingerprint density at radius 1 is 1.18 bits per heavy atom. The minimum absolute atomic E-state index is 0.0323. The summed E-state index contributed by atoms with van der Waals surface area (Å²) in [5, 5.41) is 20.2. The maximum absolute atomic E-state index is 6.16. The highest BCUT2D eigenvalue weighted by Gasteiger charge is 2.33. The minimum Gasteiger partial charge on any atom is -0.323 e. The summed E-state index contributed by atoms with van der Waals surface area (Å²) < 4.78 is 0. The van der Waals surface area contributed by atoms with Gasteiger partial charge in [-0.2, -0.15) is 15.3 Å². The van der Waals surface area contributed by atoms with Crippen LogP contribution in [0.15, 0.2) is 102 Å². The molecule has 2 aliphatic carbocycles. The summed E-state index contributed by atoms with van der Waals surface area (Å²) in [7, 11) is 2.09. The van der Waals surface area contributed by atoms with E-state index in [4.69, 9.17) is 5.84 Å². The summed E-state index contributed by atoms with van der Waals surface area (Å²) in [5.41, 5.74) is 10.0. The van der Waals surface area contributed by atoms with Gasteiger partial charge < -0.3 is 11.3 Å². The molecule has 2 aromatic carbocycles. The number of aromatic nitrogens is 2. The minimum atomic E-state index is 0.0323. The number of allylic oxidation sites excluding steroid dienone is 7. The Morgan fingerprint density at radius 3 is 2.89 bits per heavy atom. The summed E-state index contributed by atoms with van der Waals surface area (Å²) in [6.07, 6.45) is 16.1. The first-order valence-corrected chi connectivity index (χ1v) is 13.2. The topological polar surface area (TPSA) is 79.4 Å². The maximum Gasteiger partial charge on any atom is 0.0964 e. The molecule has 6 nitrogen and oxygen atoms in total. The van der Waals surface area contributed by atoms with Gasteiger partial charge in [0.15, 0.2) is 0 Å². The van der Waals surface area contributed by atoms with Crippen molar-refractivity contribution in [2.75, 3.05) is 7.05 Å². The quantitative estimate of drug-likeness (QED) is 0.312. The monoisotopic (exact) mass is 500 g/mol. The molecule has 0 saturated carbocycles. The molecule has 1 aromatic heterocycles. The van der Waals surface area contributed by atoms with E-state index >= 15 is 0 Å². The second-order valence-corrected chi connectivity index (χ2v) is 10.1. The van der Waals surface area contributed by atoms with E-state index in [-0.39, 0.29) is 11.8 Å². The Labute approximate surface area is 222 Å². The van der Waals surface area contributed by atoms with Crippen molar-refractivity contribution < 1.29 is 0 Å². The number of fused-ring (bicyclic) bond motifs is 2. The molecular weight excluding hydrogens is 468 g/mol. The van der Waals surface area contributed by atoms with Gasteiger partial charge in [-0.15, -0.1) is 0 Å². The molecule has 0 fully saturated rings. The number of hydrogen-bond acceptors (Lipinski definition) is 6. The molecule has 0 spiro atoms. The third kappa shape index (κ3) is 4.22. The molecule has 0 radical (unpaired) electrons. The van der Waals surface area contributed by atoms with Crippen LogP contribution in [-0.4, -0.2) is 28.0 Å². The van der Waals surface area contributed by atoms with E-state index < -0.39 is 0 Å². The molecule has 38 heavy (non-hydrogen) atoms. The molecule has 0 amide bonds. The third-order valence-electron chi connectivity index (χ3n) is 7.91. The van der Waals surface area contributed by atoms with Gasteiger partial charge in [-0.3, -0.25) is 5.01 Å². The third-order valence-corrected chi connectivity index (χ3v) is 7.91. The first-order valence-electron chi connectivity index (χ1n) is 13.2. The van der Waals surface area contributed by atoms with Gasteiger partial charge in [-0.1, -0.05) is 79.4 Å². The number of hydrazone groups is 1. The summed E-state index contributed by atoms with van der Waals surface area (Å²) in [5.74, 6) is 6.41. The normalized spacial score (nSPS) is 21.5. The van der Waals surface area contributed by atoms with Gasteiger partial charge in [-0.25, -0.2) is 0 Å². The van der Waals surface area contributed by atoms with Gasteiger partial charge >= 0.3 is 0 Å². The lowest BCUT2D eigenvalue weighted by Gasteiger charge is -2.37. The van der Waals surface area contributed by atoms with Gasteiger partial charge in [0.25, 0.3) is 0 Å². The van der Waals surface area contributed by atoms with E-state index in [1.54, 1.807) is 0 Å².